The fourth-order valence-electron chi connectivity index (χ4n) is 2.55. The minimum atomic E-state index is -0.875. The largest absolute Gasteiger partial charge is 0.481 e. The summed E-state index contributed by atoms with van der Waals surface area (Å²) in [5, 5.41) is 12.5. The number of rotatable bonds is 3. The summed E-state index contributed by atoms with van der Waals surface area (Å²) in [5.74, 6) is -1.84. The van der Waals surface area contributed by atoms with Crippen LogP contribution in [0.1, 0.15) is 36.0 Å². The maximum Gasteiger partial charge on any atom is 0.308 e. The smallest absolute Gasteiger partial charge is 0.308 e. The summed E-state index contributed by atoms with van der Waals surface area (Å²) in [6, 6.07) is 4.44. The molecule has 0 spiro atoms. The second kappa shape index (κ2) is 6.46. The van der Waals surface area contributed by atoms with Crippen LogP contribution in [-0.4, -0.2) is 23.0 Å². The Morgan fingerprint density at radius 1 is 1.15 bits per heavy atom. The molecular formula is C14H15Cl2NO3. The molecule has 0 aromatic heterocycles. The molecule has 0 radical (unpaired) electrons. The highest BCUT2D eigenvalue weighted by Crippen LogP contribution is 2.27. The summed E-state index contributed by atoms with van der Waals surface area (Å²) < 4.78 is 0. The molecular weight excluding hydrogens is 301 g/mol. The van der Waals surface area contributed by atoms with Gasteiger partial charge in [0.2, 0.25) is 0 Å². The molecule has 1 fully saturated rings. The van der Waals surface area contributed by atoms with Crippen LogP contribution in [0.3, 0.4) is 0 Å². The average molecular weight is 316 g/mol. The maximum absolute atomic E-state index is 12.2. The Hall–Kier alpha value is -1.26. The van der Waals surface area contributed by atoms with Crippen molar-refractivity contribution in [3.05, 3.63) is 33.8 Å². The van der Waals surface area contributed by atoms with E-state index in [0.29, 0.717) is 12.8 Å². The summed E-state index contributed by atoms with van der Waals surface area (Å²) >= 11 is 12.0. The van der Waals surface area contributed by atoms with Gasteiger partial charge in [0.1, 0.15) is 0 Å². The van der Waals surface area contributed by atoms with Crippen molar-refractivity contribution in [1.82, 2.24) is 5.32 Å². The number of benzene rings is 1. The van der Waals surface area contributed by atoms with Crippen molar-refractivity contribution < 1.29 is 14.7 Å². The van der Waals surface area contributed by atoms with Crippen molar-refractivity contribution in [3.8, 4) is 0 Å². The van der Waals surface area contributed by atoms with Crippen LogP contribution < -0.4 is 5.32 Å². The second-order valence-corrected chi connectivity index (χ2v) is 5.72. The highest BCUT2D eigenvalue weighted by molar-refractivity contribution is 6.39. The normalized spacial score (nSPS) is 22.3. The lowest BCUT2D eigenvalue weighted by Gasteiger charge is -2.29. The molecule has 0 heterocycles. The number of carboxylic acids is 1. The molecule has 2 atom stereocenters. The Morgan fingerprint density at radius 2 is 1.75 bits per heavy atom. The molecule has 1 aromatic rings. The van der Waals surface area contributed by atoms with Crippen LogP contribution in [0.25, 0.3) is 0 Å². The first-order valence-corrected chi connectivity index (χ1v) is 7.24. The molecule has 1 aliphatic rings. The monoisotopic (exact) mass is 315 g/mol. The van der Waals surface area contributed by atoms with Gasteiger partial charge in [0.15, 0.2) is 0 Å². The van der Waals surface area contributed by atoms with Crippen LogP contribution in [0.5, 0.6) is 0 Å². The van der Waals surface area contributed by atoms with Gasteiger partial charge >= 0.3 is 5.97 Å². The van der Waals surface area contributed by atoms with E-state index >= 15 is 0 Å². The highest BCUT2D eigenvalue weighted by atomic mass is 35.5. The van der Waals surface area contributed by atoms with E-state index in [1.165, 1.54) is 0 Å². The van der Waals surface area contributed by atoms with Gasteiger partial charge in [-0.25, -0.2) is 0 Å². The van der Waals surface area contributed by atoms with Crippen LogP contribution >= 0.6 is 23.2 Å². The predicted molar refractivity (Wildman–Crippen MR) is 77.3 cm³/mol. The molecule has 1 aromatic carbocycles. The molecule has 1 aliphatic carbocycles. The zero-order valence-corrected chi connectivity index (χ0v) is 12.2. The number of aliphatic carboxylic acids is 1. The molecule has 0 saturated heterocycles. The van der Waals surface area contributed by atoms with E-state index in [0.717, 1.165) is 12.8 Å². The van der Waals surface area contributed by atoms with Gasteiger partial charge in [-0.1, -0.05) is 42.1 Å². The van der Waals surface area contributed by atoms with E-state index < -0.39 is 17.8 Å². The molecule has 4 nitrogen and oxygen atoms in total. The van der Waals surface area contributed by atoms with Crippen molar-refractivity contribution in [2.24, 2.45) is 5.92 Å². The fourth-order valence-corrected chi connectivity index (χ4v) is 3.12. The van der Waals surface area contributed by atoms with Crippen molar-refractivity contribution in [3.63, 3.8) is 0 Å². The second-order valence-electron chi connectivity index (χ2n) is 4.91. The lowest BCUT2D eigenvalue weighted by molar-refractivity contribution is -0.143. The zero-order valence-electron chi connectivity index (χ0n) is 10.7. The number of hydrogen-bond donors (Lipinski definition) is 2. The highest BCUT2D eigenvalue weighted by Gasteiger charge is 2.32. The number of nitrogens with one attached hydrogen (secondary N) is 1. The molecule has 0 aliphatic heterocycles. The van der Waals surface area contributed by atoms with Gasteiger partial charge in [-0.05, 0) is 25.0 Å². The Labute approximate surface area is 127 Å². The predicted octanol–water partition coefficient (Wildman–Crippen LogP) is 3.37. The lowest BCUT2D eigenvalue weighted by Crippen LogP contribution is -2.45. The summed E-state index contributed by atoms with van der Waals surface area (Å²) in [4.78, 5) is 23.5. The Kier molecular flexibility index (Phi) is 4.89. The lowest BCUT2D eigenvalue weighted by atomic mass is 9.84. The van der Waals surface area contributed by atoms with Crippen LogP contribution in [0.2, 0.25) is 10.0 Å². The van der Waals surface area contributed by atoms with E-state index in [4.69, 9.17) is 23.2 Å². The Bertz CT molecular complexity index is 513. The van der Waals surface area contributed by atoms with E-state index in [1.807, 2.05) is 0 Å². The average Bonchev–Trinajstić information content (AvgIpc) is 2.38. The zero-order chi connectivity index (χ0) is 14.7. The van der Waals surface area contributed by atoms with Gasteiger partial charge in [0.05, 0.1) is 21.5 Å². The molecule has 1 saturated carbocycles. The van der Waals surface area contributed by atoms with Gasteiger partial charge in [0, 0.05) is 6.04 Å². The first-order chi connectivity index (χ1) is 9.50. The van der Waals surface area contributed by atoms with Crippen LogP contribution in [0, 0.1) is 5.92 Å². The van der Waals surface area contributed by atoms with E-state index in [1.54, 1.807) is 18.2 Å². The number of amides is 1. The molecule has 2 N–H and O–H groups in total. The summed E-state index contributed by atoms with van der Waals surface area (Å²) in [6.07, 6.45) is 3.02. The van der Waals surface area contributed by atoms with E-state index in [2.05, 4.69) is 5.32 Å². The fraction of sp³-hybridized carbons (Fsp3) is 0.429. The molecule has 6 heteroatoms. The van der Waals surface area contributed by atoms with Crippen molar-refractivity contribution in [2.45, 2.75) is 31.7 Å². The molecule has 2 unspecified atom stereocenters. The first-order valence-electron chi connectivity index (χ1n) is 6.48. The number of hydrogen-bond acceptors (Lipinski definition) is 2. The SMILES string of the molecule is O=C(NC1CCCCC1C(=O)O)c1c(Cl)cccc1Cl. The maximum atomic E-state index is 12.2. The Morgan fingerprint density at radius 3 is 2.35 bits per heavy atom. The quantitative estimate of drug-likeness (QED) is 0.898. The van der Waals surface area contributed by atoms with Gasteiger partial charge < -0.3 is 10.4 Å². The summed E-state index contributed by atoms with van der Waals surface area (Å²) in [6.45, 7) is 0. The van der Waals surface area contributed by atoms with Crippen LogP contribution in [-0.2, 0) is 4.79 Å². The molecule has 108 valence electrons. The third-order valence-corrected chi connectivity index (χ3v) is 4.22. The van der Waals surface area contributed by atoms with Gasteiger partial charge in [-0.2, -0.15) is 0 Å². The van der Waals surface area contributed by atoms with Gasteiger partial charge in [-0.15, -0.1) is 0 Å². The van der Waals surface area contributed by atoms with E-state index in [-0.39, 0.29) is 21.7 Å². The molecule has 20 heavy (non-hydrogen) atoms. The topological polar surface area (TPSA) is 66.4 Å². The van der Waals surface area contributed by atoms with Crippen molar-refractivity contribution in [2.75, 3.05) is 0 Å². The minimum Gasteiger partial charge on any atom is -0.481 e. The molecule has 0 bridgehead atoms. The van der Waals surface area contributed by atoms with Gasteiger partial charge in [0.25, 0.3) is 5.91 Å². The van der Waals surface area contributed by atoms with Crippen molar-refractivity contribution in [1.29, 1.82) is 0 Å². The Balaban J connectivity index is 2.16. The molecule has 1 amide bonds. The van der Waals surface area contributed by atoms with Crippen molar-refractivity contribution >= 4 is 35.1 Å². The summed E-state index contributed by atoms with van der Waals surface area (Å²) in [5.41, 5.74) is 0.200. The first kappa shape index (κ1) is 15.1. The van der Waals surface area contributed by atoms with Crippen LogP contribution in [0.4, 0.5) is 0 Å². The van der Waals surface area contributed by atoms with Crippen LogP contribution in [0.15, 0.2) is 18.2 Å². The standard InChI is InChI=1S/C14H15Cl2NO3/c15-9-5-3-6-10(16)12(9)13(18)17-11-7-2-1-4-8(11)14(19)20/h3,5-6,8,11H,1-2,4,7H2,(H,17,18)(H,19,20). The minimum absolute atomic E-state index is 0.200. The number of carbonyl (C=O) groups excluding carboxylic acids is 1. The molecule has 2 rings (SSSR count). The third kappa shape index (κ3) is 3.25. The van der Waals surface area contributed by atoms with E-state index in [9.17, 15) is 14.7 Å². The third-order valence-electron chi connectivity index (χ3n) is 3.59. The summed E-state index contributed by atoms with van der Waals surface area (Å²) in [7, 11) is 0. The number of carbonyl (C=O) groups is 2. The number of carboxylic acid groups (broad SMARTS) is 1. The number of halogens is 2. The van der Waals surface area contributed by atoms with Gasteiger partial charge in [-0.3, -0.25) is 9.59 Å².